The lowest BCUT2D eigenvalue weighted by Gasteiger charge is -2.38. The summed E-state index contributed by atoms with van der Waals surface area (Å²) in [6.45, 7) is 0.544. The first-order valence-corrected chi connectivity index (χ1v) is 8.32. The minimum absolute atomic E-state index is 0.00771. The number of hydrogen-bond donors (Lipinski definition) is 1. The van der Waals surface area contributed by atoms with Gasteiger partial charge in [0.05, 0.1) is 18.0 Å². The maximum absolute atomic E-state index is 13.7. The minimum Gasteiger partial charge on any atom is -0.494 e. The number of anilines is 1. The number of nitrogens with one attached hydrogen (secondary N) is 1. The van der Waals surface area contributed by atoms with E-state index in [1.165, 1.54) is 23.5 Å². The fourth-order valence-corrected chi connectivity index (χ4v) is 3.78. The quantitative estimate of drug-likeness (QED) is 0.879. The van der Waals surface area contributed by atoms with Crippen LogP contribution in [0.1, 0.15) is 0 Å². The zero-order chi connectivity index (χ0) is 16.4. The second kappa shape index (κ2) is 6.09. The van der Waals surface area contributed by atoms with Crippen molar-refractivity contribution in [2.45, 2.75) is 10.9 Å². The van der Waals surface area contributed by atoms with Crippen LogP contribution in [0.15, 0.2) is 41.6 Å². The Labute approximate surface area is 133 Å². The molecule has 0 atom stereocenters. The van der Waals surface area contributed by atoms with Gasteiger partial charge in [0.15, 0.2) is 11.6 Å². The number of benzene rings is 1. The molecule has 122 valence electrons. The lowest BCUT2D eigenvalue weighted by molar-refractivity contribution is 0.279. The first-order chi connectivity index (χ1) is 11.0. The summed E-state index contributed by atoms with van der Waals surface area (Å²) in [6.07, 6.45) is 3.20. The number of halogens is 1. The molecule has 3 rings (SSSR count). The number of hydrogen-bond acceptors (Lipinski definition) is 6. The lowest BCUT2D eigenvalue weighted by Crippen LogP contribution is -2.56. The van der Waals surface area contributed by atoms with Crippen LogP contribution in [0.3, 0.4) is 0 Å². The predicted molar refractivity (Wildman–Crippen MR) is 81.2 cm³/mol. The normalized spacial score (nSPS) is 15.9. The molecular weight excluding hydrogens is 323 g/mol. The Morgan fingerprint density at radius 3 is 2.61 bits per heavy atom. The van der Waals surface area contributed by atoms with E-state index >= 15 is 0 Å². The third-order valence-electron chi connectivity index (χ3n) is 3.51. The fraction of sp³-hybridized carbons (Fsp3) is 0.286. The van der Waals surface area contributed by atoms with Gasteiger partial charge in [-0.25, -0.2) is 22.8 Å². The molecule has 0 amide bonds. The van der Waals surface area contributed by atoms with Crippen LogP contribution in [0.4, 0.5) is 10.3 Å². The number of rotatable bonds is 5. The number of sulfonamides is 1. The van der Waals surface area contributed by atoms with Gasteiger partial charge in [0.1, 0.15) is 0 Å². The van der Waals surface area contributed by atoms with E-state index in [0.717, 1.165) is 6.07 Å². The molecule has 0 unspecified atom stereocenters. The molecule has 7 nitrogen and oxygen atoms in total. The second-order valence-corrected chi connectivity index (χ2v) is 6.97. The molecule has 1 aliphatic heterocycles. The van der Waals surface area contributed by atoms with Gasteiger partial charge in [-0.05, 0) is 24.3 Å². The van der Waals surface area contributed by atoms with Gasteiger partial charge in [-0.3, -0.25) is 0 Å². The molecule has 1 N–H and O–H groups in total. The highest BCUT2D eigenvalue weighted by atomic mass is 32.2. The Kier molecular flexibility index (Phi) is 4.14. The van der Waals surface area contributed by atoms with Gasteiger partial charge in [-0.15, -0.1) is 0 Å². The summed E-state index contributed by atoms with van der Waals surface area (Å²) in [4.78, 5) is 7.95. The molecule has 2 aromatic rings. The zero-order valence-electron chi connectivity index (χ0n) is 12.3. The number of aromatic nitrogens is 2. The molecule has 0 bridgehead atoms. The van der Waals surface area contributed by atoms with E-state index in [4.69, 9.17) is 4.74 Å². The average molecular weight is 338 g/mol. The fourth-order valence-electron chi connectivity index (χ4n) is 2.24. The molecule has 1 aromatic carbocycles. The smallest absolute Gasteiger partial charge is 0.243 e. The van der Waals surface area contributed by atoms with E-state index in [9.17, 15) is 12.8 Å². The number of methoxy groups -OCH3 is 1. The SMILES string of the molecule is COc1ccc(S(=O)(=O)N2CC(Nc3ncccn3)C2)cc1F. The standard InChI is InChI=1S/C14H15FN4O3S/c1-22-13-4-3-11(7-12(13)15)23(20,21)19-8-10(9-19)18-14-16-5-2-6-17-14/h2-7,10H,8-9H2,1H3,(H,16,17,18). The monoisotopic (exact) mass is 338 g/mol. The van der Waals surface area contributed by atoms with E-state index in [-0.39, 0.29) is 29.8 Å². The summed E-state index contributed by atoms with van der Waals surface area (Å²) in [5, 5.41) is 3.04. The maximum atomic E-state index is 13.7. The Bertz CT molecular complexity index is 795. The highest BCUT2D eigenvalue weighted by Gasteiger charge is 2.37. The van der Waals surface area contributed by atoms with Crippen molar-refractivity contribution in [1.29, 1.82) is 0 Å². The largest absolute Gasteiger partial charge is 0.494 e. The van der Waals surface area contributed by atoms with Crippen LogP contribution in [0, 0.1) is 5.82 Å². The third kappa shape index (κ3) is 3.10. The second-order valence-electron chi connectivity index (χ2n) is 5.03. The van der Waals surface area contributed by atoms with Gasteiger partial charge >= 0.3 is 0 Å². The van der Waals surface area contributed by atoms with E-state index in [1.807, 2.05) is 0 Å². The van der Waals surface area contributed by atoms with Gasteiger partial charge in [-0.2, -0.15) is 4.31 Å². The van der Waals surface area contributed by atoms with Crippen molar-refractivity contribution in [3.05, 3.63) is 42.5 Å². The van der Waals surface area contributed by atoms with Crippen molar-refractivity contribution in [3.8, 4) is 5.75 Å². The topological polar surface area (TPSA) is 84.4 Å². The van der Waals surface area contributed by atoms with Crippen LogP contribution in [0.5, 0.6) is 5.75 Å². The van der Waals surface area contributed by atoms with Crippen LogP contribution in [0.25, 0.3) is 0 Å². The van der Waals surface area contributed by atoms with E-state index < -0.39 is 15.8 Å². The van der Waals surface area contributed by atoms with Gasteiger partial charge in [0.25, 0.3) is 0 Å². The summed E-state index contributed by atoms with van der Waals surface area (Å²) in [5.74, 6) is -0.250. The van der Waals surface area contributed by atoms with Crippen LogP contribution >= 0.6 is 0 Å². The highest BCUT2D eigenvalue weighted by molar-refractivity contribution is 7.89. The molecule has 2 heterocycles. The molecule has 9 heteroatoms. The summed E-state index contributed by atoms with van der Waals surface area (Å²) < 4.78 is 44.6. The van der Waals surface area contributed by atoms with Gasteiger partial charge in [0, 0.05) is 25.5 Å². The molecule has 0 radical (unpaired) electrons. The van der Waals surface area contributed by atoms with Gasteiger partial charge in [0.2, 0.25) is 16.0 Å². The van der Waals surface area contributed by atoms with Crippen LogP contribution in [-0.4, -0.2) is 48.9 Å². The van der Waals surface area contributed by atoms with Crippen molar-refractivity contribution >= 4 is 16.0 Å². The van der Waals surface area contributed by atoms with Crippen LogP contribution < -0.4 is 10.1 Å². The molecule has 1 aromatic heterocycles. The van der Waals surface area contributed by atoms with Crippen molar-refractivity contribution in [2.24, 2.45) is 0 Å². The maximum Gasteiger partial charge on any atom is 0.243 e. The average Bonchev–Trinajstić information content (AvgIpc) is 2.51. The van der Waals surface area contributed by atoms with Crippen molar-refractivity contribution in [1.82, 2.24) is 14.3 Å². The minimum atomic E-state index is -3.72. The first kappa shape index (κ1) is 15.6. The van der Waals surface area contributed by atoms with Gasteiger partial charge in [-0.1, -0.05) is 0 Å². The van der Waals surface area contributed by atoms with Crippen LogP contribution in [0.2, 0.25) is 0 Å². The summed E-state index contributed by atoms with van der Waals surface area (Å²) in [7, 11) is -2.39. The Balaban J connectivity index is 1.67. The Morgan fingerprint density at radius 2 is 2.00 bits per heavy atom. The highest BCUT2D eigenvalue weighted by Crippen LogP contribution is 2.26. The predicted octanol–water partition coefficient (Wildman–Crippen LogP) is 1.11. The van der Waals surface area contributed by atoms with Crippen molar-refractivity contribution < 1.29 is 17.5 Å². The van der Waals surface area contributed by atoms with Crippen LogP contribution in [-0.2, 0) is 10.0 Å². The zero-order valence-corrected chi connectivity index (χ0v) is 13.1. The van der Waals surface area contributed by atoms with Gasteiger partial charge < -0.3 is 10.1 Å². The van der Waals surface area contributed by atoms with Crippen molar-refractivity contribution in [3.63, 3.8) is 0 Å². The Morgan fingerprint density at radius 1 is 1.30 bits per heavy atom. The molecule has 23 heavy (non-hydrogen) atoms. The van der Waals surface area contributed by atoms with E-state index in [0.29, 0.717) is 5.95 Å². The van der Waals surface area contributed by atoms with Crippen molar-refractivity contribution in [2.75, 3.05) is 25.5 Å². The first-order valence-electron chi connectivity index (χ1n) is 6.88. The van der Waals surface area contributed by atoms with E-state index in [2.05, 4.69) is 15.3 Å². The summed E-state index contributed by atoms with van der Waals surface area (Å²) in [6, 6.07) is 5.22. The molecule has 1 fully saturated rings. The number of ether oxygens (including phenoxy) is 1. The molecule has 0 saturated carbocycles. The third-order valence-corrected chi connectivity index (χ3v) is 5.34. The van der Waals surface area contributed by atoms with E-state index in [1.54, 1.807) is 18.5 Å². The molecule has 1 aliphatic rings. The summed E-state index contributed by atoms with van der Waals surface area (Å²) in [5.41, 5.74) is 0. The lowest BCUT2D eigenvalue weighted by atomic mass is 10.2. The summed E-state index contributed by atoms with van der Waals surface area (Å²) >= 11 is 0. The number of nitrogens with zero attached hydrogens (tertiary/aromatic N) is 3. The molecule has 0 aliphatic carbocycles. The molecular formula is C14H15FN4O3S. The molecule has 0 spiro atoms. The Hall–Kier alpha value is -2.26. The molecule has 1 saturated heterocycles.